The van der Waals surface area contributed by atoms with Crippen LogP contribution in [0, 0.1) is 18.8 Å². The van der Waals surface area contributed by atoms with Crippen molar-refractivity contribution < 1.29 is 9.21 Å². The largest absolute Gasteiger partial charge is 0.420 e. The van der Waals surface area contributed by atoms with Gasteiger partial charge in [0.1, 0.15) is 5.69 Å². The molecule has 4 aliphatic rings. The monoisotopic (exact) mass is 415 g/mol. The van der Waals surface area contributed by atoms with Crippen molar-refractivity contribution in [3.8, 4) is 11.5 Å². The van der Waals surface area contributed by atoms with Gasteiger partial charge in [-0.3, -0.25) is 9.78 Å². The van der Waals surface area contributed by atoms with Gasteiger partial charge >= 0.3 is 0 Å². The number of rotatable bonds is 4. The molecule has 0 radical (unpaired) electrons. The molecule has 158 valence electrons. The number of aromatic nitrogens is 4. The second-order valence-corrected chi connectivity index (χ2v) is 9.79. The minimum Gasteiger partial charge on any atom is -0.420 e. The fourth-order valence-corrected chi connectivity index (χ4v) is 6.68. The molecule has 4 aliphatic carbocycles. The molecule has 1 amide bonds. The summed E-state index contributed by atoms with van der Waals surface area (Å²) in [6, 6.07) is 9.35. The molecule has 4 fully saturated rings. The molecule has 31 heavy (non-hydrogen) atoms. The van der Waals surface area contributed by atoms with Gasteiger partial charge in [-0.25, -0.2) is 4.98 Å². The van der Waals surface area contributed by atoms with Gasteiger partial charge in [-0.05, 0) is 81.5 Å². The number of nitrogens with one attached hydrogen (secondary N) is 1. The lowest BCUT2D eigenvalue weighted by Gasteiger charge is -2.60. The molecule has 0 saturated heterocycles. The highest BCUT2D eigenvalue weighted by Crippen LogP contribution is 2.62. The van der Waals surface area contributed by atoms with Gasteiger partial charge in [-0.2, -0.15) is 0 Å². The molecule has 2 atom stereocenters. The fourth-order valence-electron chi connectivity index (χ4n) is 6.68. The van der Waals surface area contributed by atoms with E-state index in [-0.39, 0.29) is 16.9 Å². The van der Waals surface area contributed by atoms with Crippen LogP contribution in [0.1, 0.15) is 60.6 Å². The van der Waals surface area contributed by atoms with E-state index in [0.717, 1.165) is 49.3 Å². The Kier molecular flexibility index (Phi) is 4.04. The average Bonchev–Trinajstić information content (AvgIpc) is 3.24. The summed E-state index contributed by atoms with van der Waals surface area (Å²) in [5, 5.41) is 12.2. The van der Waals surface area contributed by atoms with E-state index in [4.69, 9.17) is 4.42 Å². The number of amides is 1. The summed E-state index contributed by atoms with van der Waals surface area (Å²) in [6.07, 6.45) is 9.70. The van der Waals surface area contributed by atoms with Crippen LogP contribution in [0.5, 0.6) is 0 Å². The maximum atomic E-state index is 13.1. The number of hydrogen-bond acceptors (Lipinski definition) is 6. The molecule has 7 heteroatoms. The molecule has 0 aromatic carbocycles. The van der Waals surface area contributed by atoms with Crippen LogP contribution in [-0.4, -0.2) is 31.6 Å². The zero-order chi connectivity index (χ0) is 21.1. The molecule has 1 N–H and O–H groups in total. The number of hydrogen-bond donors (Lipinski definition) is 1. The van der Waals surface area contributed by atoms with E-state index < -0.39 is 0 Å². The number of carbonyl (C=O) groups excluding carboxylic acids is 1. The van der Waals surface area contributed by atoms with Crippen LogP contribution in [-0.2, 0) is 5.41 Å². The molecule has 3 aromatic rings. The van der Waals surface area contributed by atoms with Crippen LogP contribution in [0.4, 0.5) is 0 Å². The Labute approximate surface area is 180 Å². The van der Waals surface area contributed by atoms with E-state index >= 15 is 0 Å². The van der Waals surface area contributed by atoms with E-state index in [1.807, 2.05) is 31.2 Å². The van der Waals surface area contributed by atoms with Crippen molar-refractivity contribution in [2.24, 2.45) is 11.8 Å². The zero-order valence-electron chi connectivity index (χ0n) is 17.5. The molecule has 3 aromatic heterocycles. The molecule has 4 bridgehead atoms. The van der Waals surface area contributed by atoms with Crippen molar-refractivity contribution in [1.29, 1.82) is 0 Å². The highest BCUT2D eigenvalue weighted by molar-refractivity contribution is 5.92. The van der Waals surface area contributed by atoms with Gasteiger partial charge in [0, 0.05) is 29.2 Å². The summed E-state index contributed by atoms with van der Waals surface area (Å²) in [5.74, 6) is 2.33. The summed E-state index contributed by atoms with van der Waals surface area (Å²) in [5.41, 5.74) is 1.84. The van der Waals surface area contributed by atoms with Gasteiger partial charge in [-0.15, -0.1) is 10.2 Å². The Hall–Kier alpha value is -3.09. The normalized spacial score (nSPS) is 31.0. The number of carbonyl (C=O) groups is 1. The van der Waals surface area contributed by atoms with Gasteiger partial charge in [0.2, 0.25) is 11.8 Å². The van der Waals surface area contributed by atoms with Crippen LogP contribution < -0.4 is 5.32 Å². The SMILES string of the molecule is Cc1cccc(C(=O)NC23CC4CC(C2)CC(c2nnc(-c5ccncc5)o2)(C4)C3)n1. The highest BCUT2D eigenvalue weighted by atomic mass is 16.4. The first-order valence-corrected chi connectivity index (χ1v) is 11.0. The molecule has 7 rings (SSSR count). The summed E-state index contributed by atoms with van der Waals surface area (Å²) >= 11 is 0. The Bertz CT molecular complexity index is 1130. The van der Waals surface area contributed by atoms with Crippen molar-refractivity contribution in [3.63, 3.8) is 0 Å². The predicted octanol–water partition coefficient (Wildman–Crippen LogP) is 3.86. The maximum absolute atomic E-state index is 13.1. The molecule has 4 saturated carbocycles. The molecule has 7 nitrogen and oxygen atoms in total. The molecule has 3 heterocycles. The molecular formula is C24H25N5O2. The number of aryl methyl sites for hydroxylation is 1. The van der Waals surface area contributed by atoms with Crippen molar-refractivity contribution in [2.45, 2.75) is 56.4 Å². The molecule has 0 aliphatic heterocycles. The minimum absolute atomic E-state index is 0.0798. The van der Waals surface area contributed by atoms with E-state index in [1.54, 1.807) is 18.5 Å². The minimum atomic E-state index is -0.224. The first kappa shape index (κ1) is 18.7. The van der Waals surface area contributed by atoms with E-state index in [1.165, 1.54) is 6.42 Å². The van der Waals surface area contributed by atoms with Gasteiger partial charge in [0.05, 0.1) is 5.41 Å². The second kappa shape index (κ2) is 6.70. The summed E-state index contributed by atoms with van der Waals surface area (Å²) in [7, 11) is 0. The second-order valence-electron chi connectivity index (χ2n) is 9.79. The van der Waals surface area contributed by atoms with Crippen molar-refractivity contribution in [2.75, 3.05) is 0 Å². The van der Waals surface area contributed by atoms with E-state index in [9.17, 15) is 4.79 Å². The lowest BCUT2D eigenvalue weighted by molar-refractivity contribution is -0.0471. The van der Waals surface area contributed by atoms with Crippen LogP contribution in [0.3, 0.4) is 0 Å². The lowest BCUT2D eigenvalue weighted by Crippen LogP contribution is -2.64. The molecular weight excluding hydrogens is 390 g/mol. The lowest BCUT2D eigenvalue weighted by atomic mass is 9.46. The Morgan fingerprint density at radius 3 is 2.58 bits per heavy atom. The standard InChI is InChI=1S/C24H25N5O2/c1-15-3-2-4-19(26-15)20(30)27-24-12-16-9-17(13-24)11-23(10-16,14-24)22-29-28-21(31-22)18-5-7-25-8-6-18/h2-8,16-17H,9-14H2,1H3,(H,27,30). The summed E-state index contributed by atoms with van der Waals surface area (Å²) < 4.78 is 6.23. The molecule has 2 unspecified atom stereocenters. The quantitative estimate of drug-likeness (QED) is 0.695. The topological polar surface area (TPSA) is 93.8 Å². The summed E-state index contributed by atoms with van der Waals surface area (Å²) in [6.45, 7) is 1.91. The Balaban J connectivity index is 1.31. The Morgan fingerprint density at radius 2 is 1.84 bits per heavy atom. The van der Waals surface area contributed by atoms with Crippen LogP contribution in [0.25, 0.3) is 11.5 Å². The van der Waals surface area contributed by atoms with Crippen molar-refractivity contribution in [1.82, 2.24) is 25.5 Å². The Morgan fingerprint density at radius 1 is 1.06 bits per heavy atom. The van der Waals surface area contributed by atoms with Crippen molar-refractivity contribution in [3.05, 3.63) is 60.0 Å². The van der Waals surface area contributed by atoms with Crippen molar-refractivity contribution >= 4 is 5.91 Å². The van der Waals surface area contributed by atoms with Crippen LogP contribution in [0.15, 0.2) is 47.1 Å². The predicted molar refractivity (Wildman–Crippen MR) is 113 cm³/mol. The average molecular weight is 415 g/mol. The highest BCUT2D eigenvalue weighted by Gasteiger charge is 2.60. The van der Waals surface area contributed by atoms with Crippen LogP contribution >= 0.6 is 0 Å². The first-order valence-electron chi connectivity index (χ1n) is 11.0. The number of pyridine rings is 2. The number of nitrogens with zero attached hydrogens (tertiary/aromatic N) is 4. The van der Waals surface area contributed by atoms with Gasteiger partial charge < -0.3 is 9.73 Å². The summed E-state index contributed by atoms with van der Waals surface area (Å²) in [4.78, 5) is 21.6. The van der Waals surface area contributed by atoms with Gasteiger partial charge in [0.25, 0.3) is 5.91 Å². The first-order chi connectivity index (χ1) is 15.0. The fraction of sp³-hybridized carbons (Fsp3) is 0.458. The van der Waals surface area contributed by atoms with E-state index in [2.05, 4.69) is 25.5 Å². The third-order valence-electron chi connectivity index (χ3n) is 7.37. The maximum Gasteiger partial charge on any atom is 0.270 e. The smallest absolute Gasteiger partial charge is 0.270 e. The van der Waals surface area contributed by atoms with Crippen LogP contribution in [0.2, 0.25) is 0 Å². The third-order valence-corrected chi connectivity index (χ3v) is 7.37. The van der Waals surface area contributed by atoms with Gasteiger partial charge in [0.15, 0.2) is 0 Å². The van der Waals surface area contributed by atoms with E-state index in [0.29, 0.717) is 23.4 Å². The molecule has 0 spiro atoms. The zero-order valence-corrected chi connectivity index (χ0v) is 17.5. The third kappa shape index (κ3) is 3.14. The van der Waals surface area contributed by atoms with Gasteiger partial charge in [-0.1, -0.05) is 6.07 Å².